The van der Waals surface area contributed by atoms with E-state index in [0.29, 0.717) is 0 Å². The Morgan fingerprint density at radius 1 is 1.13 bits per heavy atom. The summed E-state index contributed by atoms with van der Waals surface area (Å²) in [5, 5.41) is -0.204. The largest absolute Gasteiger partial charge is 0.478 e. The van der Waals surface area contributed by atoms with Gasteiger partial charge >= 0.3 is 6.18 Å². The van der Waals surface area contributed by atoms with Gasteiger partial charge in [-0.05, 0) is 49.7 Å². The van der Waals surface area contributed by atoms with Crippen LogP contribution in [0.15, 0.2) is 40.8 Å². The normalized spacial score (nSPS) is 12.7. The fraction of sp³-hybridized carbons (Fsp3) is 0.200. The predicted molar refractivity (Wildman–Crippen MR) is 97.4 cm³/mol. The Kier molecular flexibility index (Phi) is 5.85. The van der Waals surface area contributed by atoms with Gasteiger partial charge in [-0.15, -0.1) is 0 Å². The van der Waals surface area contributed by atoms with Crippen LogP contribution >= 0.6 is 11.6 Å². The van der Waals surface area contributed by atoms with Crippen LogP contribution in [0.4, 0.5) is 22.0 Å². The molecule has 0 aliphatic heterocycles. The average molecular weight is 446 g/mol. The third kappa shape index (κ3) is 4.30. The molecule has 0 aliphatic carbocycles. The predicted octanol–water partition coefficient (Wildman–Crippen LogP) is 6.63. The van der Waals surface area contributed by atoms with Crippen LogP contribution in [0.1, 0.15) is 41.8 Å². The zero-order chi connectivity index (χ0) is 22.2. The van der Waals surface area contributed by atoms with Gasteiger partial charge in [0.15, 0.2) is 23.5 Å². The Morgan fingerprint density at radius 3 is 2.33 bits per heavy atom. The summed E-state index contributed by atoms with van der Waals surface area (Å²) in [5.74, 6) is -3.51. The van der Waals surface area contributed by atoms with Crippen molar-refractivity contribution < 1.29 is 35.9 Å². The Morgan fingerprint density at radius 2 is 1.77 bits per heavy atom. The number of benzene rings is 2. The second kappa shape index (κ2) is 8.06. The zero-order valence-electron chi connectivity index (χ0n) is 15.5. The Bertz CT molecular complexity index is 1090. The molecule has 2 aromatic carbocycles. The number of Topliss-reactive ketones (excluding diaryl/α,β-unsaturated/α-hetero) is 1. The number of carbonyl (C=O) groups excluding carboxylic acids is 1. The molecular formula is C20H13ClF5NO3. The minimum absolute atomic E-state index is 0.0693. The Balaban J connectivity index is 1.87. The lowest BCUT2D eigenvalue weighted by Crippen LogP contribution is -2.08. The van der Waals surface area contributed by atoms with Gasteiger partial charge in [-0.2, -0.15) is 13.2 Å². The van der Waals surface area contributed by atoms with Crippen LogP contribution in [0.25, 0.3) is 11.3 Å². The summed E-state index contributed by atoms with van der Waals surface area (Å²) in [4.78, 5) is 15.5. The first-order chi connectivity index (χ1) is 14.0. The average Bonchev–Trinajstić information content (AvgIpc) is 3.05. The van der Waals surface area contributed by atoms with E-state index in [1.807, 2.05) is 0 Å². The molecule has 4 nitrogen and oxygen atoms in total. The summed E-state index contributed by atoms with van der Waals surface area (Å²) < 4.78 is 76.8. The number of carbonyl (C=O) groups is 1. The van der Waals surface area contributed by atoms with Crippen molar-refractivity contribution in [3.05, 3.63) is 70.3 Å². The quantitative estimate of drug-likeness (QED) is 0.326. The van der Waals surface area contributed by atoms with Gasteiger partial charge in [0.25, 0.3) is 0 Å². The monoisotopic (exact) mass is 445 g/mol. The molecule has 0 radical (unpaired) electrons. The number of hydrogen-bond acceptors (Lipinski definition) is 4. The van der Waals surface area contributed by atoms with E-state index >= 15 is 0 Å². The van der Waals surface area contributed by atoms with Crippen molar-refractivity contribution >= 4 is 17.4 Å². The third-order valence-electron chi connectivity index (χ3n) is 4.15. The van der Waals surface area contributed by atoms with Crippen molar-refractivity contribution in [2.75, 3.05) is 0 Å². The lowest BCUT2D eigenvalue weighted by atomic mass is 10.1. The summed E-state index contributed by atoms with van der Waals surface area (Å²) >= 11 is 6.00. The molecule has 158 valence electrons. The molecule has 1 unspecified atom stereocenters. The number of aromatic nitrogens is 1. The summed E-state index contributed by atoms with van der Waals surface area (Å²) in [5.41, 5.74) is -1.24. The molecule has 0 spiro atoms. The van der Waals surface area contributed by atoms with Crippen LogP contribution in [-0.2, 0) is 6.18 Å². The van der Waals surface area contributed by atoms with Gasteiger partial charge in [0.1, 0.15) is 11.5 Å². The molecule has 3 rings (SSSR count). The van der Waals surface area contributed by atoms with Crippen LogP contribution in [-0.4, -0.2) is 10.8 Å². The number of ketones is 1. The second-order valence-electron chi connectivity index (χ2n) is 6.30. The third-order valence-corrected chi connectivity index (χ3v) is 4.40. The summed E-state index contributed by atoms with van der Waals surface area (Å²) in [7, 11) is 0. The maximum absolute atomic E-state index is 14.4. The minimum Gasteiger partial charge on any atom is -0.478 e. The van der Waals surface area contributed by atoms with Crippen LogP contribution < -0.4 is 4.74 Å². The molecule has 1 atom stereocenters. The number of oxazole rings is 1. The standard InChI is InChI=1S/C20H13ClF5NO3/c1-9(28)15-13(22)7-8-14(16(15)23)29-10(2)19-27-17(18(21)30-19)11-3-5-12(6-4-11)20(24,25)26/h3-8,10H,1-2H3. The maximum Gasteiger partial charge on any atom is 0.416 e. The van der Waals surface area contributed by atoms with E-state index < -0.39 is 46.6 Å². The van der Waals surface area contributed by atoms with Crippen molar-refractivity contribution in [2.24, 2.45) is 0 Å². The van der Waals surface area contributed by atoms with Gasteiger partial charge in [0.2, 0.25) is 11.1 Å². The molecule has 0 bridgehead atoms. The first kappa shape index (κ1) is 21.8. The first-order valence-corrected chi connectivity index (χ1v) is 8.86. The highest BCUT2D eigenvalue weighted by Gasteiger charge is 2.30. The number of rotatable bonds is 5. The highest BCUT2D eigenvalue weighted by atomic mass is 35.5. The number of halogens is 6. The van der Waals surface area contributed by atoms with E-state index in [4.69, 9.17) is 20.8 Å². The van der Waals surface area contributed by atoms with E-state index in [9.17, 15) is 26.7 Å². The van der Waals surface area contributed by atoms with Gasteiger partial charge < -0.3 is 9.15 Å². The van der Waals surface area contributed by atoms with Crippen LogP contribution in [0, 0.1) is 11.6 Å². The maximum atomic E-state index is 14.4. The van der Waals surface area contributed by atoms with Crippen LogP contribution in [0.2, 0.25) is 5.22 Å². The molecular weight excluding hydrogens is 433 g/mol. The van der Waals surface area contributed by atoms with Crippen molar-refractivity contribution in [3.63, 3.8) is 0 Å². The van der Waals surface area contributed by atoms with Gasteiger partial charge in [-0.25, -0.2) is 13.8 Å². The van der Waals surface area contributed by atoms with E-state index in [1.165, 1.54) is 19.1 Å². The summed E-state index contributed by atoms with van der Waals surface area (Å²) in [6.45, 7) is 2.45. The SMILES string of the molecule is CC(=O)c1c(F)ccc(OC(C)c2nc(-c3ccc(C(F)(F)F)cc3)c(Cl)o2)c1F. The van der Waals surface area contributed by atoms with E-state index in [0.717, 1.165) is 31.2 Å². The van der Waals surface area contributed by atoms with E-state index in [1.54, 1.807) is 0 Å². The fourth-order valence-electron chi connectivity index (χ4n) is 2.67. The lowest BCUT2D eigenvalue weighted by Gasteiger charge is -2.13. The van der Waals surface area contributed by atoms with Gasteiger partial charge in [0.05, 0.1) is 11.1 Å². The van der Waals surface area contributed by atoms with Gasteiger partial charge in [-0.3, -0.25) is 4.79 Å². The molecule has 0 fully saturated rings. The smallest absolute Gasteiger partial charge is 0.416 e. The van der Waals surface area contributed by atoms with E-state index in [2.05, 4.69) is 4.98 Å². The molecule has 0 N–H and O–H groups in total. The Labute approximate surface area is 172 Å². The number of ether oxygens (including phenoxy) is 1. The molecule has 1 aromatic heterocycles. The molecule has 0 amide bonds. The van der Waals surface area contributed by atoms with Crippen molar-refractivity contribution in [2.45, 2.75) is 26.1 Å². The van der Waals surface area contributed by atoms with Crippen LogP contribution in [0.5, 0.6) is 5.75 Å². The molecule has 3 aromatic rings. The summed E-state index contributed by atoms with van der Waals surface area (Å²) in [6.07, 6.45) is -5.50. The van der Waals surface area contributed by atoms with Crippen LogP contribution in [0.3, 0.4) is 0 Å². The molecule has 0 aliphatic rings. The lowest BCUT2D eigenvalue weighted by molar-refractivity contribution is -0.137. The number of alkyl halides is 3. The van der Waals surface area contributed by atoms with Crippen molar-refractivity contribution in [1.29, 1.82) is 0 Å². The minimum atomic E-state index is -4.49. The van der Waals surface area contributed by atoms with Gasteiger partial charge in [0, 0.05) is 5.56 Å². The van der Waals surface area contributed by atoms with Gasteiger partial charge in [-0.1, -0.05) is 12.1 Å². The molecule has 10 heteroatoms. The topological polar surface area (TPSA) is 52.3 Å². The second-order valence-corrected chi connectivity index (χ2v) is 6.64. The highest BCUT2D eigenvalue weighted by molar-refractivity contribution is 6.31. The fourth-order valence-corrected chi connectivity index (χ4v) is 2.90. The Hall–Kier alpha value is -2.94. The molecule has 1 heterocycles. The van der Waals surface area contributed by atoms with Crippen molar-refractivity contribution in [1.82, 2.24) is 4.98 Å². The highest BCUT2D eigenvalue weighted by Crippen LogP contribution is 2.35. The first-order valence-electron chi connectivity index (χ1n) is 8.48. The number of nitrogens with zero attached hydrogens (tertiary/aromatic N) is 1. The van der Waals surface area contributed by atoms with E-state index in [-0.39, 0.29) is 22.4 Å². The van der Waals surface area contributed by atoms with Crippen molar-refractivity contribution in [3.8, 4) is 17.0 Å². The summed E-state index contributed by atoms with van der Waals surface area (Å²) in [6, 6.07) is 6.00. The molecule has 0 saturated carbocycles. The zero-order valence-corrected chi connectivity index (χ0v) is 16.2. The number of hydrogen-bond donors (Lipinski definition) is 0. The molecule has 30 heavy (non-hydrogen) atoms. The molecule has 0 saturated heterocycles.